The van der Waals surface area contributed by atoms with E-state index >= 15 is 0 Å². The third-order valence-electron chi connectivity index (χ3n) is 3.51. The normalized spacial score (nSPS) is 14.2. The fraction of sp³-hybridized carbons (Fsp3) is 0.294. The van der Waals surface area contributed by atoms with E-state index in [1.807, 2.05) is 12.1 Å². The summed E-state index contributed by atoms with van der Waals surface area (Å²) in [5.74, 6) is 0.231. The molecule has 4 heteroatoms. The average molecular weight is 350 g/mol. The Kier molecular flexibility index (Phi) is 4.56. The highest BCUT2D eigenvalue weighted by molar-refractivity contribution is 9.10. The largest absolute Gasteiger partial charge is 0.489 e. The van der Waals surface area contributed by atoms with Gasteiger partial charge in [-0.3, -0.25) is 0 Å². The molecular weight excluding hydrogens is 333 g/mol. The Morgan fingerprint density at radius 3 is 2.62 bits per heavy atom. The zero-order valence-electron chi connectivity index (χ0n) is 11.6. The van der Waals surface area contributed by atoms with Gasteiger partial charge in [0, 0.05) is 23.1 Å². The average Bonchev–Trinajstić information content (AvgIpc) is 3.27. The molecule has 1 fully saturated rings. The summed E-state index contributed by atoms with van der Waals surface area (Å²) in [4.78, 5) is 0. The van der Waals surface area contributed by atoms with Gasteiger partial charge in [-0.15, -0.1) is 0 Å². The van der Waals surface area contributed by atoms with Crippen LogP contribution in [-0.4, -0.2) is 6.04 Å². The van der Waals surface area contributed by atoms with Crippen molar-refractivity contribution in [1.29, 1.82) is 0 Å². The molecule has 1 N–H and O–H groups in total. The van der Waals surface area contributed by atoms with Crippen LogP contribution >= 0.6 is 15.9 Å². The number of halogens is 2. The van der Waals surface area contributed by atoms with E-state index in [4.69, 9.17) is 4.74 Å². The van der Waals surface area contributed by atoms with Crippen molar-refractivity contribution >= 4 is 15.9 Å². The molecule has 0 radical (unpaired) electrons. The topological polar surface area (TPSA) is 21.3 Å². The highest BCUT2D eigenvalue weighted by Crippen LogP contribution is 2.23. The fourth-order valence-electron chi connectivity index (χ4n) is 2.19. The van der Waals surface area contributed by atoms with Gasteiger partial charge in [0.25, 0.3) is 0 Å². The second-order valence-corrected chi connectivity index (χ2v) is 6.23. The maximum atomic E-state index is 13.3. The third kappa shape index (κ3) is 4.29. The molecule has 0 aromatic heterocycles. The molecule has 1 aliphatic carbocycles. The summed E-state index contributed by atoms with van der Waals surface area (Å²) in [5, 5.41) is 3.51. The molecule has 21 heavy (non-hydrogen) atoms. The van der Waals surface area contributed by atoms with E-state index in [1.54, 1.807) is 6.07 Å². The van der Waals surface area contributed by atoms with Crippen LogP contribution in [0.3, 0.4) is 0 Å². The predicted octanol–water partition coefficient (Wildman–Crippen LogP) is 4.42. The summed E-state index contributed by atoms with van der Waals surface area (Å²) in [6.07, 6.45) is 2.55. The van der Waals surface area contributed by atoms with Crippen molar-refractivity contribution in [2.45, 2.75) is 32.0 Å². The molecule has 2 nitrogen and oxygen atoms in total. The van der Waals surface area contributed by atoms with Gasteiger partial charge in [-0.2, -0.15) is 0 Å². The molecule has 110 valence electrons. The highest BCUT2D eigenvalue weighted by Gasteiger charge is 2.20. The molecule has 1 saturated carbocycles. The number of hydrogen-bond acceptors (Lipinski definition) is 2. The van der Waals surface area contributed by atoms with Crippen LogP contribution in [0, 0.1) is 5.82 Å². The Hall–Kier alpha value is -1.39. The summed E-state index contributed by atoms with van der Waals surface area (Å²) < 4.78 is 19.7. The van der Waals surface area contributed by atoms with Gasteiger partial charge in [0.15, 0.2) is 0 Å². The molecular formula is C17H17BrFNO. The van der Waals surface area contributed by atoms with E-state index in [0.29, 0.717) is 22.9 Å². The molecule has 0 unspecified atom stereocenters. The highest BCUT2D eigenvalue weighted by atomic mass is 79.9. The molecule has 0 atom stereocenters. The lowest BCUT2D eigenvalue weighted by Crippen LogP contribution is -2.16. The van der Waals surface area contributed by atoms with Gasteiger partial charge in [-0.1, -0.05) is 40.2 Å². The van der Waals surface area contributed by atoms with E-state index in [1.165, 1.54) is 30.5 Å². The van der Waals surface area contributed by atoms with Crippen LogP contribution in [0.2, 0.25) is 0 Å². The molecule has 0 aliphatic heterocycles. The van der Waals surface area contributed by atoms with E-state index in [9.17, 15) is 4.39 Å². The lowest BCUT2D eigenvalue weighted by atomic mass is 10.1. The summed E-state index contributed by atoms with van der Waals surface area (Å²) in [7, 11) is 0. The minimum absolute atomic E-state index is 0.303. The monoisotopic (exact) mass is 349 g/mol. The summed E-state index contributed by atoms with van der Waals surface area (Å²) in [6, 6.07) is 13.5. The Bertz CT molecular complexity index is 608. The van der Waals surface area contributed by atoms with Gasteiger partial charge in [-0.05, 0) is 36.1 Å². The van der Waals surface area contributed by atoms with Gasteiger partial charge in [0.2, 0.25) is 0 Å². The Morgan fingerprint density at radius 2 is 1.90 bits per heavy atom. The van der Waals surface area contributed by atoms with E-state index in [-0.39, 0.29) is 5.82 Å². The van der Waals surface area contributed by atoms with Crippen molar-refractivity contribution in [1.82, 2.24) is 5.32 Å². The fourth-order valence-corrected chi connectivity index (χ4v) is 2.63. The van der Waals surface area contributed by atoms with E-state index in [2.05, 4.69) is 33.4 Å². The van der Waals surface area contributed by atoms with Gasteiger partial charge in [0.05, 0.1) is 0 Å². The molecule has 3 rings (SSSR count). The Labute approximate surface area is 132 Å². The number of benzene rings is 2. The zero-order chi connectivity index (χ0) is 14.7. The molecule has 0 amide bonds. The second kappa shape index (κ2) is 6.58. The van der Waals surface area contributed by atoms with Crippen LogP contribution in [0.4, 0.5) is 4.39 Å². The molecule has 0 bridgehead atoms. The quantitative estimate of drug-likeness (QED) is 0.833. The van der Waals surface area contributed by atoms with Crippen molar-refractivity contribution in [2.75, 3.05) is 0 Å². The van der Waals surface area contributed by atoms with Crippen molar-refractivity contribution in [2.24, 2.45) is 0 Å². The maximum Gasteiger partial charge on any atom is 0.128 e. The minimum atomic E-state index is -0.303. The third-order valence-corrected chi connectivity index (χ3v) is 3.97. The van der Waals surface area contributed by atoms with Crippen molar-refractivity contribution in [3.8, 4) is 5.75 Å². The van der Waals surface area contributed by atoms with E-state index in [0.717, 1.165) is 12.1 Å². The first-order chi connectivity index (χ1) is 10.2. The first-order valence-corrected chi connectivity index (χ1v) is 7.89. The van der Waals surface area contributed by atoms with Gasteiger partial charge < -0.3 is 10.1 Å². The molecule has 0 spiro atoms. The number of nitrogens with one attached hydrogen (secondary N) is 1. The maximum absolute atomic E-state index is 13.3. The van der Waals surface area contributed by atoms with Crippen molar-refractivity contribution in [3.05, 3.63) is 63.9 Å². The first-order valence-electron chi connectivity index (χ1n) is 7.10. The van der Waals surface area contributed by atoms with Crippen LogP contribution < -0.4 is 10.1 Å². The van der Waals surface area contributed by atoms with Gasteiger partial charge in [-0.25, -0.2) is 4.39 Å². The van der Waals surface area contributed by atoms with Gasteiger partial charge >= 0.3 is 0 Å². The van der Waals surface area contributed by atoms with Crippen molar-refractivity contribution in [3.63, 3.8) is 0 Å². The van der Waals surface area contributed by atoms with Crippen LogP contribution in [0.1, 0.15) is 24.0 Å². The molecule has 1 aliphatic rings. The number of hydrogen-bond donors (Lipinski definition) is 1. The van der Waals surface area contributed by atoms with Crippen LogP contribution in [0.15, 0.2) is 46.9 Å². The van der Waals surface area contributed by atoms with Gasteiger partial charge in [0.1, 0.15) is 18.2 Å². The molecule has 2 aromatic rings. The lowest BCUT2D eigenvalue weighted by molar-refractivity contribution is 0.303. The Balaban J connectivity index is 1.66. The second-order valence-electron chi connectivity index (χ2n) is 5.32. The SMILES string of the molecule is Fc1cc(Br)cc(OCc2ccccc2CNC2CC2)c1. The summed E-state index contributed by atoms with van der Waals surface area (Å²) >= 11 is 3.27. The van der Waals surface area contributed by atoms with Crippen LogP contribution in [0.25, 0.3) is 0 Å². The molecule has 0 saturated heterocycles. The van der Waals surface area contributed by atoms with E-state index < -0.39 is 0 Å². The van der Waals surface area contributed by atoms with Crippen molar-refractivity contribution < 1.29 is 9.13 Å². The summed E-state index contributed by atoms with van der Waals surface area (Å²) in [5.41, 5.74) is 2.37. The van der Waals surface area contributed by atoms with Crippen LogP contribution in [-0.2, 0) is 13.2 Å². The Morgan fingerprint density at radius 1 is 1.14 bits per heavy atom. The van der Waals surface area contributed by atoms with Crippen LogP contribution in [0.5, 0.6) is 5.75 Å². The summed E-state index contributed by atoms with van der Waals surface area (Å²) in [6.45, 7) is 1.30. The zero-order valence-corrected chi connectivity index (χ0v) is 13.2. The minimum Gasteiger partial charge on any atom is -0.489 e. The number of ether oxygens (including phenoxy) is 1. The smallest absolute Gasteiger partial charge is 0.128 e. The number of rotatable bonds is 6. The molecule has 0 heterocycles. The lowest BCUT2D eigenvalue weighted by Gasteiger charge is -2.12. The standard InChI is InChI=1S/C17H17BrFNO/c18-14-7-15(19)9-17(8-14)21-11-13-4-2-1-3-12(13)10-20-16-5-6-16/h1-4,7-9,16,20H,5-6,10-11H2. The predicted molar refractivity (Wildman–Crippen MR) is 84.7 cm³/mol. The first kappa shape index (κ1) is 14.5. The molecule has 2 aromatic carbocycles.